The molecule has 0 unspecified atom stereocenters. The number of carboxylic acids is 1. The van der Waals surface area contributed by atoms with Crippen molar-refractivity contribution in [2.75, 3.05) is 18.0 Å². The van der Waals surface area contributed by atoms with Crippen LogP contribution in [-0.4, -0.2) is 29.1 Å². The zero-order valence-electron chi connectivity index (χ0n) is 13.2. The maximum absolute atomic E-state index is 10.8. The quantitative estimate of drug-likeness (QED) is 0.772. The monoisotopic (exact) mass is 324 g/mol. The number of aromatic nitrogens is 1. The SMILES string of the molecule is CCN(C[C@H]1CC[C@H](CC(=O)O)CC1)c1cccnc1CCl. The van der Waals surface area contributed by atoms with Crippen LogP contribution >= 0.6 is 11.6 Å². The number of hydrogen-bond acceptors (Lipinski definition) is 3. The third-order valence-corrected chi connectivity index (χ3v) is 4.88. The molecule has 0 atom stereocenters. The standard InChI is InChI=1S/C17H25ClN2O2/c1-2-20(16-4-3-9-19-15(16)11-18)12-14-7-5-13(6-8-14)10-17(21)22/h3-4,9,13-14H,2,5-8,10-12H2,1H3,(H,21,22)/t13-,14-. The number of aliphatic carboxylic acids is 1. The summed E-state index contributed by atoms with van der Waals surface area (Å²) in [5, 5.41) is 8.89. The number of alkyl halides is 1. The maximum atomic E-state index is 10.8. The van der Waals surface area contributed by atoms with Gasteiger partial charge in [0, 0.05) is 25.7 Å². The molecule has 0 saturated heterocycles. The molecule has 2 rings (SSSR count). The van der Waals surface area contributed by atoms with Gasteiger partial charge in [-0.2, -0.15) is 0 Å². The Bertz CT molecular complexity index is 487. The first-order valence-electron chi connectivity index (χ1n) is 8.10. The summed E-state index contributed by atoms with van der Waals surface area (Å²) >= 11 is 6.00. The van der Waals surface area contributed by atoms with Crippen molar-refractivity contribution in [3.8, 4) is 0 Å². The van der Waals surface area contributed by atoms with Gasteiger partial charge in [0.2, 0.25) is 0 Å². The van der Waals surface area contributed by atoms with E-state index in [-0.39, 0.29) is 0 Å². The Hall–Kier alpha value is -1.29. The van der Waals surface area contributed by atoms with Crippen molar-refractivity contribution in [3.63, 3.8) is 0 Å². The maximum Gasteiger partial charge on any atom is 0.303 e. The average Bonchev–Trinajstić information content (AvgIpc) is 2.53. The first kappa shape index (κ1) is 17.1. The van der Waals surface area contributed by atoms with Gasteiger partial charge in [-0.3, -0.25) is 9.78 Å². The molecule has 22 heavy (non-hydrogen) atoms. The van der Waals surface area contributed by atoms with Gasteiger partial charge >= 0.3 is 5.97 Å². The predicted octanol–water partition coefficient (Wildman–Crippen LogP) is 3.93. The van der Waals surface area contributed by atoms with Crippen LogP contribution in [0, 0.1) is 11.8 Å². The van der Waals surface area contributed by atoms with Crippen LogP contribution in [0.5, 0.6) is 0 Å². The zero-order valence-corrected chi connectivity index (χ0v) is 13.9. The minimum atomic E-state index is -0.666. The predicted molar refractivity (Wildman–Crippen MR) is 89.4 cm³/mol. The second-order valence-electron chi connectivity index (χ2n) is 6.13. The molecule has 5 heteroatoms. The van der Waals surface area contributed by atoms with Crippen LogP contribution in [0.15, 0.2) is 18.3 Å². The number of pyridine rings is 1. The summed E-state index contributed by atoms with van der Waals surface area (Å²) in [6.45, 7) is 4.09. The van der Waals surface area contributed by atoms with Crippen molar-refractivity contribution in [2.45, 2.75) is 44.9 Å². The van der Waals surface area contributed by atoms with Crippen LogP contribution in [0.3, 0.4) is 0 Å². The molecule has 1 aliphatic carbocycles. The molecule has 0 bridgehead atoms. The van der Waals surface area contributed by atoms with E-state index >= 15 is 0 Å². The smallest absolute Gasteiger partial charge is 0.303 e. The van der Waals surface area contributed by atoms with Crippen LogP contribution in [0.25, 0.3) is 0 Å². The van der Waals surface area contributed by atoms with E-state index in [1.807, 2.05) is 6.07 Å². The fourth-order valence-corrected chi connectivity index (χ4v) is 3.60. The van der Waals surface area contributed by atoms with Crippen LogP contribution in [0.2, 0.25) is 0 Å². The highest BCUT2D eigenvalue weighted by Gasteiger charge is 2.24. The molecule has 1 fully saturated rings. The van der Waals surface area contributed by atoms with Crippen LogP contribution in [0.4, 0.5) is 5.69 Å². The molecule has 0 amide bonds. The van der Waals surface area contributed by atoms with Gasteiger partial charge in [0.1, 0.15) is 0 Å². The average molecular weight is 325 g/mol. The van der Waals surface area contributed by atoms with Crippen LogP contribution in [-0.2, 0) is 10.7 Å². The van der Waals surface area contributed by atoms with Gasteiger partial charge in [-0.15, -0.1) is 11.6 Å². The summed E-state index contributed by atoms with van der Waals surface area (Å²) < 4.78 is 0. The Labute approximate surface area is 137 Å². The summed E-state index contributed by atoms with van der Waals surface area (Å²) in [6.07, 6.45) is 6.40. The lowest BCUT2D eigenvalue weighted by molar-refractivity contribution is -0.138. The van der Waals surface area contributed by atoms with Gasteiger partial charge in [-0.1, -0.05) is 0 Å². The highest BCUT2D eigenvalue weighted by atomic mass is 35.5. The molecule has 122 valence electrons. The summed E-state index contributed by atoms with van der Waals surface area (Å²) in [4.78, 5) is 17.5. The Morgan fingerprint density at radius 3 is 2.64 bits per heavy atom. The lowest BCUT2D eigenvalue weighted by Crippen LogP contribution is -2.32. The van der Waals surface area contributed by atoms with Crippen molar-refractivity contribution in [2.24, 2.45) is 11.8 Å². The van der Waals surface area contributed by atoms with Crippen LogP contribution in [0.1, 0.15) is 44.7 Å². The van der Waals surface area contributed by atoms with Crippen molar-refractivity contribution < 1.29 is 9.90 Å². The summed E-state index contributed by atoms with van der Waals surface area (Å²) in [7, 11) is 0. The molecule has 0 spiro atoms. The Morgan fingerprint density at radius 2 is 2.05 bits per heavy atom. The van der Waals surface area contributed by atoms with Crippen molar-refractivity contribution in [3.05, 3.63) is 24.0 Å². The van der Waals surface area contributed by atoms with E-state index < -0.39 is 5.97 Å². The zero-order chi connectivity index (χ0) is 15.9. The minimum absolute atomic E-state index is 0.323. The molecule has 0 aromatic carbocycles. The van der Waals surface area contributed by atoms with Gasteiger partial charge < -0.3 is 10.0 Å². The number of hydrogen-bond donors (Lipinski definition) is 1. The van der Waals surface area contributed by atoms with Gasteiger partial charge in [-0.05, 0) is 56.6 Å². The fraction of sp³-hybridized carbons (Fsp3) is 0.647. The van der Waals surface area contributed by atoms with E-state index in [1.54, 1.807) is 6.20 Å². The number of carbonyl (C=O) groups is 1. The molecule has 0 radical (unpaired) electrons. The van der Waals surface area contributed by atoms with E-state index in [2.05, 4.69) is 22.9 Å². The molecule has 0 aliphatic heterocycles. The van der Waals surface area contributed by atoms with E-state index in [9.17, 15) is 4.79 Å². The molecule has 1 aliphatic rings. The first-order valence-corrected chi connectivity index (χ1v) is 8.64. The molecular weight excluding hydrogens is 300 g/mol. The first-order chi connectivity index (χ1) is 10.6. The molecular formula is C17H25ClN2O2. The van der Waals surface area contributed by atoms with Crippen molar-refractivity contribution in [1.29, 1.82) is 0 Å². The number of nitrogens with zero attached hydrogens (tertiary/aromatic N) is 2. The number of anilines is 1. The van der Waals surface area contributed by atoms with E-state index in [4.69, 9.17) is 16.7 Å². The van der Waals surface area contributed by atoms with E-state index in [0.29, 0.717) is 24.1 Å². The Balaban J connectivity index is 1.93. The minimum Gasteiger partial charge on any atom is -0.481 e. The lowest BCUT2D eigenvalue weighted by atomic mass is 9.80. The normalized spacial score (nSPS) is 21.5. The van der Waals surface area contributed by atoms with Gasteiger partial charge in [-0.25, -0.2) is 0 Å². The third kappa shape index (κ3) is 4.60. The Morgan fingerprint density at radius 1 is 1.36 bits per heavy atom. The largest absolute Gasteiger partial charge is 0.481 e. The lowest BCUT2D eigenvalue weighted by Gasteiger charge is -2.33. The number of carboxylic acid groups (broad SMARTS) is 1. The second-order valence-corrected chi connectivity index (χ2v) is 6.39. The number of rotatable bonds is 7. The van der Waals surface area contributed by atoms with Gasteiger partial charge in [0.05, 0.1) is 17.3 Å². The summed E-state index contributed by atoms with van der Waals surface area (Å²) in [5.74, 6) is 0.757. The Kier molecular flexibility index (Phi) is 6.49. The molecule has 1 N–H and O–H groups in total. The topological polar surface area (TPSA) is 53.4 Å². The van der Waals surface area contributed by atoms with Gasteiger partial charge in [0.15, 0.2) is 0 Å². The second kappa shape index (κ2) is 8.37. The fourth-order valence-electron chi connectivity index (χ4n) is 3.39. The van der Waals surface area contributed by atoms with Crippen LogP contribution < -0.4 is 4.90 Å². The molecule has 1 saturated carbocycles. The third-order valence-electron chi connectivity index (χ3n) is 4.62. The highest BCUT2D eigenvalue weighted by molar-refractivity contribution is 6.17. The van der Waals surface area contributed by atoms with Gasteiger partial charge in [0.25, 0.3) is 0 Å². The summed E-state index contributed by atoms with van der Waals surface area (Å²) in [5.41, 5.74) is 2.07. The van der Waals surface area contributed by atoms with Crippen molar-refractivity contribution in [1.82, 2.24) is 4.98 Å². The molecule has 1 heterocycles. The molecule has 4 nitrogen and oxygen atoms in total. The summed E-state index contributed by atoms with van der Waals surface area (Å²) in [6, 6.07) is 4.04. The van der Waals surface area contributed by atoms with E-state index in [0.717, 1.165) is 50.2 Å². The molecule has 1 aromatic rings. The highest BCUT2D eigenvalue weighted by Crippen LogP contribution is 2.32. The molecule has 1 aromatic heterocycles. The number of halogens is 1. The van der Waals surface area contributed by atoms with E-state index in [1.165, 1.54) is 0 Å². The van der Waals surface area contributed by atoms with Crippen molar-refractivity contribution >= 4 is 23.3 Å².